The van der Waals surface area contributed by atoms with Gasteiger partial charge in [0.2, 0.25) is 0 Å². The maximum atomic E-state index is 9.26. The summed E-state index contributed by atoms with van der Waals surface area (Å²) in [6, 6.07) is 4.27. The topological polar surface area (TPSA) is 61.6 Å². The van der Waals surface area contributed by atoms with Crippen LogP contribution < -0.4 is 5.32 Å². The van der Waals surface area contributed by atoms with Gasteiger partial charge in [-0.3, -0.25) is 4.98 Å². The Balaban J connectivity index is 2.35. The molecule has 4 nitrogen and oxygen atoms in total. The first-order chi connectivity index (χ1) is 9.15. The summed E-state index contributed by atoms with van der Waals surface area (Å²) in [4.78, 5) is 8.67. The highest BCUT2D eigenvalue weighted by Crippen LogP contribution is 2.27. The lowest BCUT2D eigenvalue weighted by atomic mass is 10.1. The van der Waals surface area contributed by atoms with Crippen molar-refractivity contribution in [2.24, 2.45) is 0 Å². The van der Waals surface area contributed by atoms with Gasteiger partial charge < -0.3 is 5.32 Å². The number of pyridine rings is 1. The van der Waals surface area contributed by atoms with E-state index in [4.69, 9.17) is 0 Å². The Kier molecular flexibility index (Phi) is 4.13. The molecule has 0 aromatic carbocycles. The van der Waals surface area contributed by atoms with E-state index in [2.05, 4.69) is 28.3 Å². The van der Waals surface area contributed by atoms with Gasteiger partial charge in [-0.05, 0) is 26.3 Å². The highest BCUT2D eigenvalue weighted by atomic mass is 32.1. The van der Waals surface area contributed by atoms with E-state index in [1.165, 1.54) is 0 Å². The molecule has 0 aliphatic heterocycles. The molecule has 2 rings (SSSR count). The van der Waals surface area contributed by atoms with Gasteiger partial charge in [-0.1, -0.05) is 6.92 Å². The molecule has 0 fully saturated rings. The predicted molar refractivity (Wildman–Crippen MR) is 77.2 cm³/mol. The summed E-state index contributed by atoms with van der Waals surface area (Å²) in [5.41, 5.74) is 3.13. The molecule has 19 heavy (non-hydrogen) atoms. The van der Waals surface area contributed by atoms with E-state index in [9.17, 15) is 5.26 Å². The molecule has 2 aromatic rings. The van der Waals surface area contributed by atoms with Crippen LogP contribution in [0.2, 0.25) is 0 Å². The first-order valence-corrected chi connectivity index (χ1v) is 7.08. The van der Waals surface area contributed by atoms with E-state index < -0.39 is 0 Å². The van der Waals surface area contributed by atoms with Crippen LogP contribution in [0.3, 0.4) is 0 Å². The van der Waals surface area contributed by atoms with Crippen LogP contribution in [-0.4, -0.2) is 9.97 Å². The first kappa shape index (κ1) is 13.5. The van der Waals surface area contributed by atoms with Crippen LogP contribution in [0, 0.1) is 25.2 Å². The van der Waals surface area contributed by atoms with Crippen LogP contribution >= 0.6 is 11.3 Å². The van der Waals surface area contributed by atoms with Gasteiger partial charge in [-0.15, -0.1) is 11.3 Å². The fraction of sp³-hybridized carbons (Fsp3) is 0.357. The molecule has 0 aliphatic carbocycles. The Hall–Kier alpha value is -1.93. The number of nitrogens with zero attached hydrogens (tertiary/aromatic N) is 3. The van der Waals surface area contributed by atoms with Crippen molar-refractivity contribution in [2.75, 3.05) is 5.32 Å². The summed E-state index contributed by atoms with van der Waals surface area (Å²) < 4.78 is 0. The quantitative estimate of drug-likeness (QED) is 0.924. The summed E-state index contributed by atoms with van der Waals surface area (Å²) in [5.74, 6) is 0. The number of anilines is 1. The van der Waals surface area contributed by atoms with Crippen LogP contribution in [0.4, 0.5) is 5.69 Å². The van der Waals surface area contributed by atoms with E-state index in [1.807, 2.05) is 25.3 Å². The molecular formula is C14H16N4S. The normalized spacial score (nSPS) is 11.9. The van der Waals surface area contributed by atoms with E-state index in [0.717, 1.165) is 28.5 Å². The minimum Gasteiger partial charge on any atom is -0.375 e. The van der Waals surface area contributed by atoms with Crippen LogP contribution in [-0.2, 0) is 0 Å². The zero-order valence-electron chi connectivity index (χ0n) is 11.3. The van der Waals surface area contributed by atoms with Gasteiger partial charge in [0.05, 0.1) is 23.0 Å². The Labute approximate surface area is 117 Å². The van der Waals surface area contributed by atoms with Crippen LogP contribution in [0.5, 0.6) is 0 Å². The second-order valence-corrected chi connectivity index (χ2v) is 5.29. The molecule has 0 amide bonds. The van der Waals surface area contributed by atoms with Crippen molar-refractivity contribution in [2.45, 2.75) is 33.2 Å². The molecular weight excluding hydrogens is 256 g/mol. The lowest BCUT2D eigenvalue weighted by Gasteiger charge is -2.18. The summed E-state index contributed by atoms with van der Waals surface area (Å²) in [5, 5.41) is 15.7. The number of rotatable bonds is 4. The third-order valence-corrected chi connectivity index (χ3v) is 3.82. The van der Waals surface area contributed by atoms with Crippen molar-refractivity contribution < 1.29 is 0 Å². The number of hydrogen-bond donors (Lipinski definition) is 1. The van der Waals surface area contributed by atoms with Gasteiger partial charge in [0, 0.05) is 17.3 Å². The van der Waals surface area contributed by atoms with Crippen molar-refractivity contribution in [3.8, 4) is 6.07 Å². The van der Waals surface area contributed by atoms with Gasteiger partial charge >= 0.3 is 0 Å². The fourth-order valence-electron chi connectivity index (χ4n) is 2.02. The molecule has 1 N–H and O–H groups in total. The summed E-state index contributed by atoms with van der Waals surface area (Å²) >= 11 is 1.62. The standard InChI is InChI=1S/C14H16N4S/c1-4-12(14-16-5-6-19-14)18-13-7-9(2)17-10(3)11(13)8-15/h5-7,12H,4H2,1-3H3,(H,17,18). The lowest BCUT2D eigenvalue weighted by molar-refractivity contribution is 0.741. The highest BCUT2D eigenvalue weighted by molar-refractivity contribution is 7.09. The lowest BCUT2D eigenvalue weighted by Crippen LogP contribution is -2.11. The minimum atomic E-state index is 0.133. The smallest absolute Gasteiger partial charge is 0.115 e. The van der Waals surface area contributed by atoms with Gasteiger partial charge in [0.1, 0.15) is 11.1 Å². The highest BCUT2D eigenvalue weighted by Gasteiger charge is 2.15. The van der Waals surface area contributed by atoms with E-state index in [0.29, 0.717) is 5.56 Å². The zero-order valence-corrected chi connectivity index (χ0v) is 12.1. The Morgan fingerprint density at radius 1 is 1.47 bits per heavy atom. The molecule has 98 valence electrons. The van der Waals surface area contributed by atoms with Gasteiger partial charge in [-0.2, -0.15) is 5.26 Å². The average Bonchev–Trinajstić information content (AvgIpc) is 2.89. The molecule has 0 aliphatic rings. The maximum absolute atomic E-state index is 9.26. The Morgan fingerprint density at radius 3 is 2.84 bits per heavy atom. The van der Waals surface area contributed by atoms with Crippen molar-refractivity contribution in [3.63, 3.8) is 0 Å². The number of aryl methyl sites for hydroxylation is 2. The van der Waals surface area contributed by atoms with E-state index in [1.54, 1.807) is 17.5 Å². The molecule has 2 heterocycles. The number of nitriles is 1. The number of thiazole rings is 1. The van der Waals surface area contributed by atoms with Crippen LogP contribution in [0.15, 0.2) is 17.6 Å². The van der Waals surface area contributed by atoms with Crippen LogP contribution in [0.1, 0.15) is 41.3 Å². The maximum Gasteiger partial charge on any atom is 0.115 e. The second kappa shape index (κ2) is 5.81. The SMILES string of the molecule is CCC(Nc1cc(C)nc(C)c1C#N)c1nccs1. The Morgan fingerprint density at radius 2 is 2.26 bits per heavy atom. The largest absolute Gasteiger partial charge is 0.375 e. The second-order valence-electron chi connectivity index (χ2n) is 4.36. The third-order valence-electron chi connectivity index (χ3n) is 2.93. The number of nitrogens with one attached hydrogen (secondary N) is 1. The number of aromatic nitrogens is 2. The molecule has 2 aromatic heterocycles. The van der Waals surface area contributed by atoms with E-state index in [-0.39, 0.29) is 6.04 Å². The van der Waals surface area contributed by atoms with Crippen molar-refractivity contribution >= 4 is 17.0 Å². The Bertz CT molecular complexity index is 599. The van der Waals surface area contributed by atoms with Gasteiger partial charge in [0.25, 0.3) is 0 Å². The molecule has 0 saturated carbocycles. The van der Waals surface area contributed by atoms with Crippen molar-refractivity contribution in [1.29, 1.82) is 5.26 Å². The first-order valence-electron chi connectivity index (χ1n) is 6.20. The average molecular weight is 272 g/mol. The summed E-state index contributed by atoms with van der Waals surface area (Å²) in [6.07, 6.45) is 2.72. The van der Waals surface area contributed by atoms with E-state index >= 15 is 0 Å². The molecule has 0 saturated heterocycles. The summed E-state index contributed by atoms with van der Waals surface area (Å²) in [6.45, 7) is 5.90. The minimum absolute atomic E-state index is 0.133. The molecule has 5 heteroatoms. The predicted octanol–water partition coefficient (Wildman–Crippen LogP) is 3.59. The zero-order chi connectivity index (χ0) is 13.8. The van der Waals surface area contributed by atoms with Crippen molar-refractivity contribution in [3.05, 3.63) is 39.6 Å². The van der Waals surface area contributed by atoms with Gasteiger partial charge in [-0.25, -0.2) is 4.98 Å². The molecule has 0 spiro atoms. The van der Waals surface area contributed by atoms with Gasteiger partial charge in [0.15, 0.2) is 0 Å². The van der Waals surface area contributed by atoms with Crippen LogP contribution in [0.25, 0.3) is 0 Å². The molecule has 0 bridgehead atoms. The molecule has 1 atom stereocenters. The summed E-state index contributed by atoms with van der Waals surface area (Å²) in [7, 11) is 0. The third kappa shape index (κ3) is 2.91. The molecule has 0 radical (unpaired) electrons. The fourth-order valence-corrected chi connectivity index (χ4v) is 2.79. The number of hydrogen-bond acceptors (Lipinski definition) is 5. The monoisotopic (exact) mass is 272 g/mol. The molecule has 1 unspecified atom stereocenters. The van der Waals surface area contributed by atoms with Crippen molar-refractivity contribution in [1.82, 2.24) is 9.97 Å².